The number of hydrogen-bond acceptors (Lipinski definition) is 6. The summed E-state index contributed by atoms with van der Waals surface area (Å²) in [4.78, 5) is 25.9. The average Bonchev–Trinajstić information content (AvgIpc) is 3.11. The molecule has 4 rings (SSSR count). The second-order valence-electron chi connectivity index (χ2n) is 8.45. The number of furan rings is 1. The Balaban J connectivity index is 0.000000913. The van der Waals surface area contributed by atoms with Gasteiger partial charge in [-0.05, 0) is 43.8 Å². The molecule has 0 fully saturated rings. The molecule has 0 saturated carbocycles. The van der Waals surface area contributed by atoms with Gasteiger partial charge in [0.1, 0.15) is 30.6 Å². The maximum atomic E-state index is 13.2. The van der Waals surface area contributed by atoms with Gasteiger partial charge in [-0.3, -0.25) is 4.79 Å². The number of carbonyl (C=O) groups excluding carboxylic acids is 2. The molecule has 1 radical (unpaired) electrons. The average molecular weight is 437 g/mol. The molecule has 0 spiro atoms. The minimum Gasteiger partial charge on any atom is -0.505 e. The number of aromatic hydroxyl groups is 1. The highest BCUT2D eigenvalue weighted by Crippen LogP contribution is 2.45. The van der Waals surface area contributed by atoms with Gasteiger partial charge < -0.3 is 19.0 Å². The number of benzene rings is 1. The molecule has 3 unspecified atom stereocenters. The summed E-state index contributed by atoms with van der Waals surface area (Å²) in [5.41, 5.74) is 2.84. The SMILES string of the molecule is CCC.C[B]C1C(=O)C(C)=C2OC(=O)c3c(-c4cc(O)co4)cc(C)c(C)c3OC2C1C. The van der Waals surface area contributed by atoms with Gasteiger partial charge in [0.25, 0.3) is 0 Å². The molecule has 1 aromatic carbocycles. The molecule has 2 aliphatic rings. The molecule has 1 aliphatic carbocycles. The van der Waals surface area contributed by atoms with E-state index in [1.54, 1.807) is 6.92 Å². The Morgan fingerprint density at radius 1 is 1.12 bits per heavy atom. The van der Waals surface area contributed by atoms with Gasteiger partial charge in [-0.15, -0.1) is 0 Å². The third kappa shape index (κ3) is 3.96. The molecule has 1 N–H and O–H groups in total. The Hall–Kier alpha value is -2.96. The lowest BCUT2D eigenvalue weighted by Crippen LogP contribution is -2.41. The van der Waals surface area contributed by atoms with Crippen molar-refractivity contribution in [2.75, 3.05) is 0 Å². The van der Waals surface area contributed by atoms with Crippen LogP contribution in [-0.2, 0) is 9.53 Å². The van der Waals surface area contributed by atoms with Crippen molar-refractivity contribution in [2.45, 2.75) is 66.7 Å². The predicted octanol–water partition coefficient (Wildman–Crippen LogP) is 5.64. The van der Waals surface area contributed by atoms with Crippen molar-refractivity contribution in [3.05, 3.63) is 46.4 Å². The van der Waals surface area contributed by atoms with Crippen LogP contribution < -0.4 is 4.74 Å². The topological polar surface area (TPSA) is 86.0 Å². The Morgan fingerprint density at radius 2 is 1.78 bits per heavy atom. The van der Waals surface area contributed by atoms with Crippen LogP contribution in [0.1, 0.15) is 55.6 Å². The number of allylic oxidation sites excluding steroid dienone is 1. The normalized spacial score (nSPS) is 22.0. The van der Waals surface area contributed by atoms with E-state index >= 15 is 0 Å². The quantitative estimate of drug-likeness (QED) is 0.484. The van der Waals surface area contributed by atoms with Gasteiger partial charge in [-0.25, -0.2) is 4.79 Å². The molecule has 32 heavy (non-hydrogen) atoms. The van der Waals surface area contributed by atoms with Crippen LogP contribution >= 0.6 is 0 Å². The van der Waals surface area contributed by atoms with Crippen molar-refractivity contribution >= 4 is 19.0 Å². The summed E-state index contributed by atoms with van der Waals surface area (Å²) in [7, 11) is 1.87. The van der Waals surface area contributed by atoms with Gasteiger partial charge >= 0.3 is 5.97 Å². The molecule has 1 aromatic heterocycles. The first-order chi connectivity index (χ1) is 15.2. The van der Waals surface area contributed by atoms with Crippen molar-refractivity contribution in [3.63, 3.8) is 0 Å². The summed E-state index contributed by atoms with van der Waals surface area (Å²) in [5.74, 6) is -0.180. The highest BCUT2D eigenvalue weighted by molar-refractivity contribution is 6.44. The molecule has 0 saturated heterocycles. The number of hydrogen-bond donors (Lipinski definition) is 1. The van der Waals surface area contributed by atoms with E-state index in [-0.39, 0.29) is 34.6 Å². The van der Waals surface area contributed by atoms with Crippen LogP contribution in [0.4, 0.5) is 0 Å². The van der Waals surface area contributed by atoms with Crippen molar-refractivity contribution in [2.24, 2.45) is 5.92 Å². The van der Waals surface area contributed by atoms with E-state index < -0.39 is 12.1 Å². The molecule has 6 nitrogen and oxygen atoms in total. The highest BCUT2D eigenvalue weighted by atomic mass is 16.6. The number of aryl methyl sites for hydroxylation is 1. The molecule has 7 heteroatoms. The second kappa shape index (κ2) is 9.27. The Bertz CT molecular complexity index is 1080. The second-order valence-corrected chi connectivity index (χ2v) is 8.45. The van der Waals surface area contributed by atoms with Gasteiger partial charge in [0.2, 0.25) is 0 Å². The molecular formula is C25H30BO6. The molecule has 2 heterocycles. The van der Waals surface area contributed by atoms with Crippen molar-refractivity contribution < 1.29 is 28.6 Å². The van der Waals surface area contributed by atoms with Gasteiger partial charge in [0, 0.05) is 23.1 Å². The summed E-state index contributed by atoms with van der Waals surface area (Å²) in [6.45, 7) is 13.5. The minimum atomic E-state index is -0.607. The molecule has 3 atom stereocenters. The molecule has 169 valence electrons. The zero-order valence-electron chi connectivity index (χ0n) is 19.7. The summed E-state index contributed by atoms with van der Waals surface area (Å²) in [5, 5.41) is 9.70. The lowest BCUT2D eigenvalue weighted by atomic mass is 9.55. The first kappa shape index (κ1) is 23.7. The number of fused-ring (bicyclic) bond motifs is 2. The van der Waals surface area contributed by atoms with Crippen LogP contribution in [0, 0.1) is 19.8 Å². The lowest BCUT2D eigenvalue weighted by Gasteiger charge is -2.35. The van der Waals surface area contributed by atoms with E-state index in [9.17, 15) is 14.7 Å². The third-order valence-electron chi connectivity index (χ3n) is 6.00. The molecule has 0 amide bonds. The number of esters is 1. The zero-order valence-corrected chi connectivity index (χ0v) is 19.7. The van der Waals surface area contributed by atoms with Gasteiger partial charge in [0.15, 0.2) is 23.4 Å². The predicted molar refractivity (Wildman–Crippen MR) is 123 cm³/mol. The molecule has 1 aliphatic heterocycles. The molecule has 2 aromatic rings. The van der Waals surface area contributed by atoms with E-state index in [1.165, 1.54) is 18.8 Å². The van der Waals surface area contributed by atoms with Gasteiger partial charge in [-0.1, -0.05) is 34.0 Å². The standard InChI is InChI=1S/C22H22BO6.C3H8/c1-9-6-14(15-7-13(24)8-27-15)16-19(10(9)2)28-20-11(3)17(23-5)18(25)12(4)21(20)29-22(16)26;1-3-2/h6-8,11,17,20,24H,1-5H3;3H2,1-2H3. The molecular weight excluding hydrogens is 407 g/mol. The Morgan fingerprint density at radius 3 is 2.34 bits per heavy atom. The van der Waals surface area contributed by atoms with Crippen molar-refractivity contribution in [1.82, 2.24) is 0 Å². The van der Waals surface area contributed by atoms with E-state index in [1.807, 2.05) is 40.9 Å². The molecule has 0 bridgehead atoms. The van der Waals surface area contributed by atoms with Crippen LogP contribution in [0.5, 0.6) is 11.5 Å². The zero-order chi connectivity index (χ0) is 23.7. The number of ether oxygens (including phenoxy) is 2. The van der Waals surface area contributed by atoms with Crippen molar-refractivity contribution in [1.29, 1.82) is 0 Å². The van der Waals surface area contributed by atoms with E-state index in [4.69, 9.17) is 13.9 Å². The lowest BCUT2D eigenvalue weighted by molar-refractivity contribution is -0.118. The van der Waals surface area contributed by atoms with Crippen LogP contribution in [0.2, 0.25) is 12.6 Å². The smallest absolute Gasteiger partial charge is 0.347 e. The number of rotatable bonds is 2. The summed E-state index contributed by atoms with van der Waals surface area (Å²) in [6.07, 6.45) is 1.90. The monoisotopic (exact) mass is 437 g/mol. The summed E-state index contributed by atoms with van der Waals surface area (Å²) >= 11 is 0. The Labute approximate surface area is 189 Å². The number of carbonyl (C=O) groups is 2. The first-order valence-electron chi connectivity index (χ1n) is 11.0. The van der Waals surface area contributed by atoms with E-state index in [2.05, 4.69) is 13.8 Å². The number of Topliss-reactive ketones (excluding diaryl/α,β-unsaturated/α-hetero) is 1. The fourth-order valence-electron chi connectivity index (χ4n) is 4.18. The fourth-order valence-corrected chi connectivity index (χ4v) is 4.18. The van der Waals surface area contributed by atoms with E-state index in [0.29, 0.717) is 22.6 Å². The van der Waals surface area contributed by atoms with Gasteiger partial charge in [-0.2, -0.15) is 0 Å². The van der Waals surface area contributed by atoms with E-state index in [0.717, 1.165) is 11.1 Å². The maximum absolute atomic E-state index is 13.2. The van der Waals surface area contributed by atoms with Crippen LogP contribution in [0.25, 0.3) is 11.3 Å². The van der Waals surface area contributed by atoms with Crippen LogP contribution in [-0.4, -0.2) is 30.2 Å². The highest BCUT2D eigenvalue weighted by Gasteiger charge is 2.45. The van der Waals surface area contributed by atoms with Crippen LogP contribution in [0.15, 0.2) is 34.1 Å². The summed E-state index contributed by atoms with van der Waals surface area (Å²) in [6, 6.07) is 3.25. The first-order valence-corrected chi connectivity index (χ1v) is 11.0. The van der Waals surface area contributed by atoms with Crippen LogP contribution in [0.3, 0.4) is 0 Å². The van der Waals surface area contributed by atoms with Crippen molar-refractivity contribution in [3.8, 4) is 22.8 Å². The third-order valence-corrected chi connectivity index (χ3v) is 6.00. The summed E-state index contributed by atoms with van der Waals surface area (Å²) < 4.78 is 17.6. The Kier molecular flexibility index (Phi) is 6.87. The number of ketones is 1. The maximum Gasteiger partial charge on any atom is 0.347 e. The fraction of sp³-hybridized carbons (Fsp3) is 0.440. The minimum absolute atomic E-state index is 0.0392. The van der Waals surface area contributed by atoms with Gasteiger partial charge in [0.05, 0.1) is 0 Å². The largest absolute Gasteiger partial charge is 0.505 e.